The maximum absolute atomic E-state index is 12.5. The number of carbonyl (C=O) groups is 2. The van der Waals surface area contributed by atoms with E-state index in [2.05, 4.69) is 0 Å². The summed E-state index contributed by atoms with van der Waals surface area (Å²) in [6.07, 6.45) is 0. The Morgan fingerprint density at radius 2 is 2.10 bits per heavy atom. The molecule has 1 heterocycles. The van der Waals surface area contributed by atoms with Gasteiger partial charge in [-0.3, -0.25) is 14.5 Å². The number of likely N-dealkylation sites (N-methyl/N-ethyl adjacent to an activating group) is 1. The number of hydrogen-bond acceptors (Lipinski definition) is 4. The van der Waals surface area contributed by atoms with Crippen LogP contribution in [0.3, 0.4) is 0 Å². The molecule has 1 aliphatic heterocycles. The molecule has 1 amide bonds. The van der Waals surface area contributed by atoms with E-state index in [1.807, 2.05) is 37.3 Å². The van der Waals surface area contributed by atoms with Gasteiger partial charge in [-0.05, 0) is 19.1 Å². The number of amides is 1. The standard InChI is InChI=1S/C15H20N2O4/c1-2-17(12-6-4-3-5-7-12)14(18)10-16-8-9-21-11-13(16)15(19)20/h3-7,13H,2,8-11H2,1H3,(H,19,20). The molecule has 0 radical (unpaired) electrons. The largest absolute Gasteiger partial charge is 0.480 e. The molecule has 1 aliphatic rings. The second-order valence-electron chi connectivity index (χ2n) is 4.87. The van der Waals surface area contributed by atoms with Gasteiger partial charge in [0.1, 0.15) is 6.04 Å². The molecule has 114 valence electrons. The molecule has 6 nitrogen and oxygen atoms in total. The normalized spacial score (nSPS) is 19.2. The third kappa shape index (κ3) is 3.80. The molecular formula is C15H20N2O4. The van der Waals surface area contributed by atoms with Crippen molar-refractivity contribution < 1.29 is 19.4 Å². The number of anilines is 1. The second kappa shape index (κ2) is 7.19. The number of carbonyl (C=O) groups excluding carboxylic acids is 1. The summed E-state index contributed by atoms with van der Waals surface area (Å²) in [4.78, 5) is 27.0. The third-order valence-corrected chi connectivity index (χ3v) is 3.55. The summed E-state index contributed by atoms with van der Waals surface area (Å²) in [6, 6.07) is 8.63. The molecule has 1 aromatic rings. The number of benzene rings is 1. The van der Waals surface area contributed by atoms with Crippen LogP contribution >= 0.6 is 0 Å². The first-order valence-electron chi connectivity index (χ1n) is 7.03. The number of carboxylic acid groups (broad SMARTS) is 1. The van der Waals surface area contributed by atoms with Crippen LogP contribution in [0, 0.1) is 0 Å². The summed E-state index contributed by atoms with van der Waals surface area (Å²) < 4.78 is 5.18. The Hall–Kier alpha value is -1.92. The quantitative estimate of drug-likeness (QED) is 0.870. The predicted molar refractivity (Wildman–Crippen MR) is 78.3 cm³/mol. The Labute approximate surface area is 123 Å². The molecule has 1 unspecified atom stereocenters. The first-order chi connectivity index (χ1) is 10.1. The van der Waals surface area contributed by atoms with Gasteiger partial charge < -0.3 is 14.7 Å². The number of carboxylic acids is 1. The molecule has 0 spiro atoms. The van der Waals surface area contributed by atoms with E-state index in [0.717, 1.165) is 5.69 Å². The van der Waals surface area contributed by atoms with Gasteiger partial charge in [-0.15, -0.1) is 0 Å². The molecule has 6 heteroatoms. The van der Waals surface area contributed by atoms with Gasteiger partial charge >= 0.3 is 5.97 Å². The number of hydrogen-bond donors (Lipinski definition) is 1. The van der Waals surface area contributed by atoms with Gasteiger partial charge in [0.2, 0.25) is 5.91 Å². The van der Waals surface area contributed by atoms with Crippen molar-refractivity contribution in [3.63, 3.8) is 0 Å². The zero-order valence-electron chi connectivity index (χ0n) is 12.1. The van der Waals surface area contributed by atoms with Crippen molar-refractivity contribution >= 4 is 17.6 Å². The number of morpholine rings is 1. The summed E-state index contributed by atoms with van der Waals surface area (Å²) in [5, 5.41) is 9.19. The topological polar surface area (TPSA) is 70.1 Å². The van der Waals surface area contributed by atoms with Gasteiger partial charge in [-0.2, -0.15) is 0 Å². The van der Waals surface area contributed by atoms with Crippen molar-refractivity contribution in [1.29, 1.82) is 0 Å². The molecule has 1 N–H and O–H groups in total. The molecule has 1 aromatic carbocycles. The number of para-hydroxylation sites is 1. The van der Waals surface area contributed by atoms with Crippen LogP contribution < -0.4 is 4.90 Å². The molecule has 21 heavy (non-hydrogen) atoms. The van der Waals surface area contributed by atoms with Crippen molar-refractivity contribution in [2.24, 2.45) is 0 Å². The van der Waals surface area contributed by atoms with Crippen LogP contribution in [0.2, 0.25) is 0 Å². The lowest BCUT2D eigenvalue weighted by molar-refractivity contribution is -0.150. The van der Waals surface area contributed by atoms with Crippen LogP contribution in [0.25, 0.3) is 0 Å². The van der Waals surface area contributed by atoms with Crippen LogP contribution in [-0.4, -0.2) is 60.8 Å². The smallest absolute Gasteiger partial charge is 0.323 e. The Morgan fingerprint density at radius 1 is 1.38 bits per heavy atom. The highest BCUT2D eigenvalue weighted by Crippen LogP contribution is 2.15. The van der Waals surface area contributed by atoms with Crippen LogP contribution in [0.4, 0.5) is 5.69 Å². The predicted octanol–water partition coefficient (Wildman–Crippen LogP) is 0.825. The van der Waals surface area contributed by atoms with Crippen molar-refractivity contribution in [2.75, 3.05) is 37.7 Å². The molecule has 0 aromatic heterocycles. The lowest BCUT2D eigenvalue weighted by atomic mass is 10.2. The second-order valence-corrected chi connectivity index (χ2v) is 4.87. The van der Waals surface area contributed by atoms with E-state index >= 15 is 0 Å². The van der Waals surface area contributed by atoms with Crippen LogP contribution in [0.5, 0.6) is 0 Å². The fourth-order valence-corrected chi connectivity index (χ4v) is 2.42. The highest BCUT2D eigenvalue weighted by Gasteiger charge is 2.31. The maximum atomic E-state index is 12.5. The van der Waals surface area contributed by atoms with Crippen molar-refractivity contribution in [3.05, 3.63) is 30.3 Å². The summed E-state index contributed by atoms with van der Waals surface area (Å²) in [6.45, 7) is 3.57. The molecular weight excluding hydrogens is 272 g/mol. The summed E-state index contributed by atoms with van der Waals surface area (Å²) in [7, 11) is 0. The number of aliphatic carboxylic acids is 1. The van der Waals surface area contributed by atoms with Crippen LogP contribution in [0.15, 0.2) is 30.3 Å². The summed E-state index contributed by atoms with van der Waals surface area (Å²) in [5.74, 6) is -1.05. The fourth-order valence-electron chi connectivity index (χ4n) is 2.42. The lowest BCUT2D eigenvalue weighted by Gasteiger charge is -2.33. The first kappa shape index (κ1) is 15.5. The van der Waals surface area contributed by atoms with E-state index in [-0.39, 0.29) is 19.1 Å². The lowest BCUT2D eigenvalue weighted by Crippen LogP contribution is -2.53. The minimum atomic E-state index is -0.953. The average Bonchev–Trinajstić information content (AvgIpc) is 2.49. The highest BCUT2D eigenvalue weighted by molar-refractivity contribution is 5.95. The molecule has 1 fully saturated rings. The monoisotopic (exact) mass is 292 g/mol. The molecule has 1 saturated heterocycles. The Bertz CT molecular complexity index is 492. The minimum absolute atomic E-state index is 0.0864. The molecule has 2 rings (SSSR count). The summed E-state index contributed by atoms with van der Waals surface area (Å²) >= 11 is 0. The average molecular weight is 292 g/mol. The van der Waals surface area contributed by atoms with Crippen LogP contribution in [-0.2, 0) is 14.3 Å². The van der Waals surface area contributed by atoms with E-state index < -0.39 is 12.0 Å². The van der Waals surface area contributed by atoms with Gasteiger partial charge in [0.05, 0.1) is 19.8 Å². The zero-order chi connectivity index (χ0) is 15.2. The molecule has 0 bridgehead atoms. The summed E-state index contributed by atoms with van der Waals surface area (Å²) in [5.41, 5.74) is 0.824. The van der Waals surface area contributed by atoms with Gasteiger partial charge in [0, 0.05) is 18.8 Å². The number of nitrogens with zero attached hydrogens (tertiary/aromatic N) is 2. The van der Waals surface area contributed by atoms with Gasteiger partial charge in [-0.1, -0.05) is 18.2 Å². The van der Waals surface area contributed by atoms with E-state index in [0.29, 0.717) is 19.7 Å². The Balaban J connectivity index is 2.06. The first-order valence-corrected chi connectivity index (χ1v) is 7.03. The Kier molecular flexibility index (Phi) is 5.30. The minimum Gasteiger partial charge on any atom is -0.480 e. The van der Waals surface area contributed by atoms with Crippen molar-refractivity contribution in [1.82, 2.24) is 4.90 Å². The molecule has 0 aliphatic carbocycles. The van der Waals surface area contributed by atoms with E-state index in [1.54, 1.807) is 9.80 Å². The van der Waals surface area contributed by atoms with Crippen molar-refractivity contribution in [2.45, 2.75) is 13.0 Å². The highest BCUT2D eigenvalue weighted by atomic mass is 16.5. The molecule has 0 saturated carbocycles. The van der Waals surface area contributed by atoms with Crippen molar-refractivity contribution in [3.8, 4) is 0 Å². The fraction of sp³-hybridized carbons (Fsp3) is 0.467. The SMILES string of the molecule is CCN(C(=O)CN1CCOCC1C(=O)O)c1ccccc1. The maximum Gasteiger partial charge on any atom is 0.323 e. The molecule has 1 atom stereocenters. The van der Waals surface area contributed by atoms with E-state index in [1.165, 1.54) is 0 Å². The zero-order valence-corrected chi connectivity index (χ0v) is 12.1. The van der Waals surface area contributed by atoms with Gasteiger partial charge in [-0.25, -0.2) is 0 Å². The van der Waals surface area contributed by atoms with Gasteiger partial charge in [0.15, 0.2) is 0 Å². The number of rotatable bonds is 5. The number of ether oxygens (including phenoxy) is 1. The third-order valence-electron chi connectivity index (χ3n) is 3.55. The van der Waals surface area contributed by atoms with E-state index in [9.17, 15) is 14.7 Å². The van der Waals surface area contributed by atoms with E-state index in [4.69, 9.17) is 4.74 Å². The Morgan fingerprint density at radius 3 is 2.71 bits per heavy atom. The van der Waals surface area contributed by atoms with Gasteiger partial charge in [0.25, 0.3) is 0 Å². The van der Waals surface area contributed by atoms with Crippen LogP contribution in [0.1, 0.15) is 6.92 Å².